The second-order valence-electron chi connectivity index (χ2n) is 6.78. The summed E-state index contributed by atoms with van der Waals surface area (Å²) >= 11 is 0. The van der Waals surface area contributed by atoms with Crippen molar-refractivity contribution in [2.45, 2.75) is 65.3 Å². The van der Waals surface area contributed by atoms with E-state index in [1.165, 1.54) is 6.92 Å². The fraction of sp³-hybridized carbons (Fsp3) is 0.632. The fourth-order valence-corrected chi connectivity index (χ4v) is 3.05. The molecule has 0 aliphatic carbocycles. The number of Topliss-reactive ketones (excluding diaryl/α,β-unsaturated/α-hetero) is 1. The van der Waals surface area contributed by atoms with E-state index in [0.717, 1.165) is 27.7 Å². The van der Waals surface area contributed by atoms with Gasteiger partial charge in [-0.2, -0.15) is 0 Å². The highest BCUT2D eigenvalue weighted by atomic mass is 16.7. The van der Waals surface area contributed by atoms with Gasteiger partial charge in [0.1, 0.15) is 18.5 Å². The standard InChI is InChI=1S/C19H24O12/c1-8-15(13(24)6-25-8)31-19-18(29-12(5)23)17(28-11(4)22)16(27-10(3)21)14(30-19)7-26-9(2)20/h14,16-19H,6-7H2,1-5H3/t14-,16-,17+,18-,19+/m1/s1. The molecule has 1 fully saturated rings. The first kappa shape index (κ1) is 24.1. The lowest BCUT2D eigenvalue weighted by Crippen LogP contribution is -2.63. The lowest BCUT2D eigenvalue weighted by molar-refractivity contribution is -0.299. The molecule has 0 saturated carbocycles. The monoisotopic (exact) mass is 444 g/mol. The average Bonchev–Trinajstić information content (AvgIpc) is 2.95. The lowest BCUT2D eigenvalue weighted by Gasteiger charge is -2.43. The van der Waals surface area contributed by atoms with E-state index in [-0.39, 0.29) is 18.1 Å². The average molecular weight is 444 g/mol. The molecule has 0 spiro atoms. The van der Waals surface area contributed by atoms with Crippen LogP contribution in [-0.4, -0.2) is 73.6 Å². The normalized spacial score (nSPS) is 27.8. The van der Waals surface area contributed by atoms with Crippen LogP contribution in [0, 0.1) is 0 Å². The van der Waals surface area contributed by atoms with Crippen molar-refractivity contribution in [1.82, 2.24) is 0 Å². The van der Waals surface area contributed by atoms with Crippen LogP contribution in [-0.2, 0) is 57.1 Å². The van der Waals surface area contributed by atoms with E-state index in [2.05, 4.69) is 0 Å². The van der Waals surface area contributed by atoms with Gasteiger partial charge in [0.05, 0.1) is 0 Å². The summed E-state index contributed by atoms with van der Waals surface area (Å²) in [5, 5.41) is 0. The van der Waals surface area contributed by atoms with Crippen molar-refractivity contribution in [2.75, 3.05) is 13.2 Å². The Bertz CT molecular complexity index is 785. The van der Waals surface area contributed by atoms with Crippen LogP contribution >= 0.6 is 0 Å². The van der Waals surface area contributed by atoms with Crippen LogP contribution < -0.4 is 0 Å². The van der Waals surface area contributed by atoms with E-state index in [0.29, 0.717) is 0 Å². The van der Waals surface area contributed by atoms with Gasteiger partial charge in [0, 0.05) is 27.7 Å². The molecular weight excluding hydrogens is 420 g/mol. The third-order valence-corrected chi connectivity index (χ3v) is 4.17. The Hall–Kier alpha value is -3.15. The topological polar surface area (TPSA) is 150 Å². The molecule has 0 aromatic rings. The Morgan fingerprint density at radius 2 is 1.42 bits per heavy atom. The van der Waals surface area contributed by atoms with Gasteiger partial charge >= 0.3 is 23.9 Å². The maximum atomic E-state index is 12.1. The van der Waals surface area contributed by atoms with Gasteiger partial charge in [-0.25, -0.2) is 0 Å². The minimum atomic E-state index is -1.48. The van der Waals surface area contributed by atoms with Crippen molar-refractivity contribution in [1.29, 1.82) is 0 Å². The van der Waals surface area contributed by atoms with Crippen molar-refractivity contribution in [3.8, 4) is 0 Å². The molecule has 0 unspecified atom stereocenters. The van der Waals surface area contributed by atoms with Crippen LogP contribution in [0.3, 0.4) is 0 Å². The smallest absolute Gasteiger partial charge is 0.303 e. The van der Waals surface area contributed by atoms with Crippen molar-refractivity contribution in [3.05, 3.63) is 11.5 Å². The molecule has 172 valence electrons. The van der Waals surface area contributed by atoms with Crippen molar-refractivity contribution in [3.63, 3.8) is 0 Å². The molecule has 0 aromatic carbocycles. The Labute approximate surface area is 177 Å². The molecule has 12 heteroatoms. The van der Waals surface area contributed by atoms with Crippen molar-refractivity contribution in [2.24, 2.45) is 0 Å². The molecule has 2 heterocycles. The molecule has 2 aliphatic rings. The van der Waals surface area contributed by atoms with Gasteiger partial charge in [-0.3, -0.25) is 24.0 Å². The fourth-order valence-electron chi connectivity index (χ4n) is 3.05. The third kappa shape index (κ3) is 6.41. The van der Waals surface area contributed by atoms with E-state index < -0.39 is 67.0 Å². The molecule has 0 bridgehead atoms. The number of hydrogen-bond donors (Lipinski definition) is 0. The molecule has 2 aliphatic heterocycles. The number of hydrogen-bond acceptors (Lipinski definition) is 12. The molecule has 2 rings (SSSR count). The number of ketones is 1. The van der Waals surface area contributed by atoms with Gasteiger partial charge < -0.3 is 33.2 Å². The summed E-state index contributed by atoms with van der Waals surface area (Å²) in [7, 11) is 0. The zero-order valence-electron chi connectivity index (χ0n) is 17.7. The second kappa shape index (κ2) is 10.2. The van der Waals surface area contributed by atoms with Crippen LogP contribution in [0.4, 0.5) is 0 Å². The zero-order chi connectivity index (χ0) is 23.3. The second-order valence-corrected chi connectivity index (χ2v) is 6.78. The SMILES string of the molecule is CC(=O)OC[C@H]1O[C@@H](OC2=C(C)OCC2=O)[C@H](OC(C)=O)[C@@H](OC(C)=O)[C@@H]1OC(C)=O. The summed E-state index contributed by atoms with van der Waals surface area (Å²) < 4.78 is 37.2. The Morgan fingerprint density at radius 3 is 1.90 bits per heavy atom. The highest BCUT2D eigenvalue weighted by molar-refractivity contribution is 5.96. The Balaban J connectivity index is 2.45. The van der Waals surface area contributed by atoms with Gasteiger partial charge in [-0.1, -0.05) is 0 Å². The summed E-state index contributed by atoms with van der Waals surface area (Å²) in [6.07, 6.45) is -6.77. The van der Waals surface area contributed by atoms with Gasteiger partial charge in [-0.15, -0.1) is 0 Å². The third-order valence-electron chi connectivity index (χ3n) is 4.17. The highest BCUT2D eigenvalue weighted by Gasteiger charge is 2.54. The van der Waals surface area contributed by atoms with Crippen LogP contribution in [0.5, 0.6) is 0 Å². The van der Waals surface area contributed by atoms with Crippen molar-refractivity contribution < 1.29 is 57.1 Å². The Kier molecular flexibility index (Phi) is 7.97. The number of carbonyl (C=O) groups is 5. The van der Waals surface area contributed by atoms with Gasteiger partial charge in [-0.05, 0) is 6.92 Å². The number of carbonyl (C=O) groups excluding carboxylic acids is 5. The number of esters is 4. The molecule has 0 aromatic heterocycles. The predicted octanol–water partition coefficient (Wildman–Crippen LogP) is -0.0831. The first-order valence-corrected chi connectivity index (χ1v) is 9.33. The van der Waals surface area contributed by atoms with Gasteiger partial charge in [0.25, 0.3) is 0 Å². The van der Waals surface area contributed by atoms with Crippen LogP contribution in [0.25, 0.3) is 0 Å². The summed E-state index contributed by atoms with van der Waals surface area (Å²) in [6, 6.07) is 0. The summed E-state index contributed by atoms with van der Waals surface area (Å²) in [5.41, 5.74) is 0. The predicted molar refractivity (Wildman–Crippen MR) is 96.7 cm³/mol. The maximum absolute atomic E-state index is 12.1. The first-order valence-electron chi connectivity index (χ1n) is 9.33. The molecule has 5 atom stereocenters. The summed E-state index contributed by atoms with van der Waals surface area (Å²) in [4.78, 5) is 58.5. The van der Waals surface area contributed by atoms with E-state index >= 15 is 0 Å². The lowest BCUT2D eigenvalue weighted by atomic mass is 9.98. The van der Waals surface area contributed by atoms with E-state index in [4.69, 9.17) is 33.2 Å². The molecular formula is C19H24O12. The summed E-state index contributed by atoms with van der Waals surface area (Å²) in [6.45, 7) is 5.31. The minimum Gasteiger partial charge on any atom is -0.486 e. The van der Waals surface area contributed by atoms with Crippen LogP contribution in [0.15, 0.2) is 11.5 Å². The molecule has 12 nitrogen and oxygen atoms in total. The maximum Gasteiger partial charge on any atom is 0.303 e. The van der Waals surface area contributed by atoms with Crippen LogP contribution in [0.1, 0.15) is 34.6 Å². The first-order chi connectivity index (χ1) is 14.5. The number of rotatable bonds is 7. The largest absolute Gasteiger partial charge is 0.486 e. The quantitative estimate of drug-likeness (QED) is 0.381. The van der Waals surface area contributed by atoms with Crippen LogP contribution in [0.2, 0.25) is 0 Å². The summed E-state index contributed by atoms with van der Waals surface area (Å²) in [5.74, 6) is -3.42. The minimum absolute atomic E-state index is 0.166. The van der Waals surface area contributed by atoms with E-state index in [1.807, 2.05) is 0 Å². The Morgan fingerprint density at radius 1 is 0.871 bits per heavy atom. The number of ether oxygens (including phenoxy) is 7. The molecule has 0 N–H and O–H groups in total. The highest BCUT2D eigenvalue weighted by Crippen LogP contribution is 2.32. The van der Waals surface area contributed by atoms with Gasteiger partial charge in [0.2, 0.25) is 23.9 Å². The molecule has 31 heavy (non-hydrogen) atoms. The number of allylic oxidation sites excluding steroid dienone is 1. The molecule has 1 saturated heterocycles. The van der Waals surface area contributed by atoms with E-state index in [1.54, 1.807) is 0 Å². The molecule has 0 amide bonds. The molecule has 0 radical (unpaired) electrons. The van der Waals surface area contributed by atoms with Crippen molar-refractivity contribution >= 4 is 29.7 Å². The van der Waals surface area contributed by atoms with E-state index in [9.17, 15) is 24.0 Å². The van der Waals surface area contributed by atoms with Gasteiger partial charge in [0.15, 0.2) is 18.8 Å². The zero-order valence-corrected chi connectivity index (χ0v) is 17.7.